The summed E-state index contributed by atoms with van der Waals surface area (Å²) in [5.41, 5.74) is -1.87. The summed E-state index contributed by atoms with van der Waals surface area (Å²) in [6.07, 6.45) is 0.537. The summed E-state index contributed by atoms with van der Waals surface area (Å²) >= 11 is 0. The summed E-state index contributed by atoms with van der Waals surface area (Å²) in [7, 11) is 0. The lowest BCUT2D eigenvalue weighted by atomic mass is 9.66. The molecule has 2 N–H and O–H groups in total. The van der Waals surface area contributed by atoms with E-state index in [2.05, 4.69) is 5.32 Å². The summed E-state index contributed by atoms with van der Waals surface area (Å²) in [6, 6.07) is -1.21. The van der Waals surface area contributed by atoms with E-state index in [4.69, 9.17) is 0 Å². The van der Waals surface area contributed by atoms with Gasteiger partial charge < -0.3 is 5.32 Å². The maximum Gasteiger partial charge on any atom is 0.321 e. The van der Waals surface area contributed by atoms with Gasteiger partial charge in [0.1, 0.15) is 0 Å². The molecule has 3 atom stereocenters. The molecule has 1 saturated heterocycles. The minimum atomic E-state index is -1.87. The predicted octanol–water partition coefficient (Wildman–Crippen LogP) is -0.0575. The van der Waals surface area contributed by atoms with Crippen LogP contribution in [0.15, 0.2) is 0 Å². The number of imide groups is 1. The van der Waals surface area contributed by atoms with Crippen LogP contribution in [-0.4, -0.2) is 23.6 Å². The van der Waals surface area contributed by atoms with Crippen LogP contribution in [0.5, 0.6) is 0 Å². The molecule has 1 saturated carbocycles. The van der Waals surface area contributed by atoms with E-state index >= 15 is 0 Å². The Kier molecular flexibility index (Phi) is 1.23. The molecule has 0 radical (unpaired) electrons. The van der Waals surface area contributed by atoms with Crippen LogP contribution in [0.25, 0.3) is 0 Å². The van der Waals surface area contributed by atoms with Crippen molar-refractivity contribution in [3.63, 3.8) is 0 Å². The molecule has 5 heteroatoms. The monoisotopic (exact) mass is 172 g/mol. The average molecular weight is 172 g/mol. The number of carbonyl (C=O) groups is 2. The molecule has 0 bridgehead atoms. The van der Waals surface area contributed by atoms with Gasteiger partial charge >= 0.3 is 6.03 Å². The standard InChI is InChI=1S/C7H9FN2O2/c1-3-2-4-7(3,8)5(11)10-6(12)9-4/h3-4H,2H2,1H3,(H2,9,10,11,12). The van der Waals surface area contributed by atoms with Crippen LogP contribution < -0.4 is 10.6 Å². The third-order valence-corrected chi connectivity index (χ3v) is 2.69. The molecule has 1 aliphatic heterocycles. The number of rotatable bonds is 0. The van der Waals surface area contributed by atoms with Crippen molar-refractivity contribution in [2.45, 2.75) is 25.1 Å². The van der Waals surface area contributed by atoms with Crippen molar-refractivity contribution in [3.8, 4) is 0 Å². The second kappa shape index (κ2) is 1.97. The number of carbonyl (C=O) groups excluding carboxylic acids is 2. The van der Waals surface area contributed by atoms with Gasteiger partial charge in [-0.25, -0.2) is 9.18 Å². The Morgan fingerprint density at radius 1 is 1.58 bits per heavy atom. The number of amides is 3. The Labute approximate surface area is 68.5 Å². The number of hydrogen-bond acceptors (Lipinski definition) is 2. The van der Waals surface area contributed by atoms with Crippen LogP contribution in [0.3, 0.4) is 0 Å². The van der Waals surface area contributed by atoms with Gasteiger partial charge in [0.25, 0.3) is 5.91 Å². The maximum atomic E-state index is 13.7. The van der Waals surface area contributed by atoms with E-state index in [0.717, 1.165) is 0 Å². The largest absolute Gasteiger partial charge is 0.331 e. The van der Waals surface area contributed by atoms with E-state index in [0.29, 0.717) is 6.42 Å². The van der Waals surface area contributed by atoms with Gasteiger partial charge in [-0.15, -0.1) is 0 Å². The molecular weight excluding hydrogens is 163 g/mol. The SMILES string of the molecule is CC1CC2NC(=O)NC(=O)C12F. The Morgan fingerprint density at radius 3 is 2.75 bits per heavy atom. The first-order valence-electron chi connectivity index (χ1n) is 3.86. The summed E-state index contributed by atoms with van der Waals surface area (Å²) in [4.78, 5) is 21.8. The van der Waals surface area contributed by atoms with Gasteiger partial charge in [-0.05, 0) is 6.42 Å². The number of urea groups is 1. The van der Waals surface area contributed by atoms with Crippen LogP contribution in [0.4, 0.5) is 9.18 Å². The van der Waals surface area contributed by atoms with E-state index in [9.17, 15) is 14.0 Å². The highest BCUT2D eigenvalue weighted by atomic mass is 19.1. The minimum Gasteiger partial charge on any atom is -0.331 e. The molecule has 0 aromatic heterocycles. The number of fused-ring (bicyclic) bond motifs is 1. The van der Waals surface area contributed by atoms with Gasteiger partial charge in [-0.2, -0.15) is 0 Å². The summed E-state index contributed by atoms with van der Waals surface area (Å²) in [5, 5.41) is 4.29. The van der Waals surface area contributed by atoms with Crippen molar-refractivity contribution >= 4 is 11.9 Å². The predicted molar refractivity (Wildman–Crippen MR) is 38.1 cm³/mol. The Morgan fingerprint density at radius 2 is 2.25 bits per heavy atom. The van der Waals surface area contributed by atoms with Gasteiger partial charge in [0, 0.05) is 5.92 Å². The smallest absolute Gasteiger partial charge is 0.321 e. The van der Waals surface area contributed by atoms with Gasteiger partial charge in [0.05, 0.1) is 6.04 Å². The second-order valence-corrected chi connectivity index (χ2v) is 3.38. The Balaban J connectivity index is 2.26. The van der Waals surface area contributed by atoms with Gasteiger partial charge in [-0.3, -0.25) is 10.1 Å². The number of alkyl halides is 1. The molecule has 3 unspecified atom stereocenters. The van der Waals surface area contributed by atoms with E-state index in [1.807, 2.05) is 5.32 Å². The first-order valence-corrected chi connectivity index (χ1v) is 3.86. The van der Waals surface area contributed by atoms with Crippen molar-refractivity contribution in [2.24, 2.45) is 5.92 Å². The van der Waals surface area contributed by atoms with Crippen LogP contribution in [0, 0.1) is 5.92 Å². The highest BCUT2D eigenvalue weighted by Gasteiger charge is 2.62. The molecule has 0 aromatic carbocycles. The quantitative estimate of drug-likeness (QED) is 0.538. The average Bonchev–Trinajstić information content (AvgIpc) is 2.00. The molecule has 12 heavy (non-hydrogen) atoms. The highest BCUT2D eigenvalue weighted by Crippen LogP contribution is 2.43. The van der Waals surface area contributed by atoms with Crippen molar-refractivity contribution in [1.82, 2.24) is 10.6 Å². The lowest BCUT2D eigenvalue weighted by Gasteiger charge is -2.49. The molecule has 0 spiro atoms. The molecule has 2 rings (SSSR count). The number of halogens is 1. The van der Waals surface area contributed by atoms with Gasteiger partial charge in [0.15, 0.2) is 0 Å². The second-order valence-electron chi connectivity index (χ2n) is 3.38. The Bertz CT molecular complexity index is 268. The van der Waals surface area contributed by atoms with Gasteiger partial charge in [0.2, 0.25) is 5.67 Å². The number of hydrogen-bond donors (Lipinski definition) is 2. The highest BCUT2D eigenvalue weighted by molar-refractivity contribution is 6.03. The lowest BCUT2D eigenvalue weighted by molar-refractivity contribution is -0.150. The van der Waals surface area contributed by atoms with Crippen LogP contribution in [-0.2, 0) is 4.79 Å². The van der Waals surface area contributed by atoms with Crippen molar-refractivity contribution in [2.75, 3.05) is 0 Å². The normalized spacial score (nSPS) is 45.5. The fourth-order valence-corrected chi connectivity index (χ4v) is 1.82. The van der Waals surface area contributed by atoms with E-state index < -0.39 is 23.6 Å². The summed E-state index contributed by atoms with van der Waals surface area (Å²) in [6.45, 7) is 1.66. The fourth-order valence-electron chi connectivity index (χ4n) is 1.82. The molecule has 1 heterocycles. The molecule has 2 fully saturated rings. The first kappa shape index (κ1) is 7.52. The number of nitrogens with one attached hydrogen (secondary N) is 2. The zero-order valence-corrected chi connectivity index (χ0v) is 6.56. The fraction of sp³-hybridized carbons (Fsp3) is 0.714. The van der Waals surface area contributed by atoms with Crippen LogP contribution >= 0.6 is 0 Å². The van der Waals surface area contributed by atoms with E-state index in [1.165, 1.54) is 0 Å². The topological polar surface area (TPSA) is 58.2 Å². The first-order chi connectivity index (χ1) is 5.55. The van der Waals surface area contributed by atoms with E-state index in [-0.39, 0.29) is 5.92 Å². The third-order valence-electron chi connectivity index (χ3n) is 2.69. The molecule has 4 nitrogen and oxygen atoms in total. The minimum absolute atomic E-state index is 0.303. The molecule has 66 valence electrons. The zero-order chi connectivity index (χ0) is 8.93. The van der Waals surface area contributed by atoms with Crippen molar-refractivity contribution in [3.05, 3.63) is 0 Å². The van der Waals surface area contributed by atoms with Gasteiger partial charge in [-0.1, -0.05) is 6.92 Å². The van der Waals surface area contributed by atoms with E-state index in [1.54, 1.807) is 6.92 Å². The van der Waals surface area contributed by atoms with Crippen molar-refractivity contribution in [1.29, 1.82) is 0 Å². The maximum absolute atomic E-state index is 13.7. The summed E-state index contributed by atoms with van der Waals surface area (Å²) < 4.78 is 13.7. The molecule has 1 aliphatic carbocycles. The molecule has 0 aromatic rings. The zero-order valence-electron chi connectivity index (χ0n) is 6.56. The molecule has 3 amide bonds. The lowest BCUT2D eigenvalue weighted by Crippen LogP contribution is -2.75. The molecular formula is C7H9FN2O2. The van der Waals surface area contributed by atoms with Crippen LogP contribution in [0.1, 0.15) is 13.3 Å². The molecule has 2 aliphatic rings. The van der Waals surface area contributed by atoms with Crippen molar-refractivity contribution < 1.29 is 14.0 Å². The summed E-state index contributed by atoms with van der Waals surface area (Å²) in [5.74, 6) is -1.10. The Hall–Kier alpha value is -1.13. The van der Waals surface area contributed by atoms with Crippen LogP contribution in [0.2, 0.25) is 0 Å². The third kappa shape index (κ3) is 0.659.